The Kier molecular flexibility index (Phi) is 7.00. The topological polar surface area (TPSA) is 67.4 Å². The summed E-state index contributed by atoms with van der Waals surface area (Å²) in [5, 5.41) is 5.17. The molecule has 0 aliphatic heterocycles. The van der Waals surface area contributed by atoms with Crippen LogP contribution >= 0.6 is 0 Å². The fourth-order valence-electron chi connectivity index (χ4n) is 1.41. The van der Waals surface area contributed by atoms with Gasteiger partial charge in [0.15, 0.2) is 11.6 Å². The van der Waals surface area contributed by atoms with Gasteiger partial charge in [-0.25, -0.2) is 9.18 Å². The molecule has 0 saturated carbocycles. The molecule has 7 heteroatoms. The monoisotopic (exact) mass is 302 g/mol. The van der Waals surface area contributed by atoms with Crippen molar-refractivity contribution >= 4 is 16.8 Å². The SMILES string of the molecule is C[C@H](CNC(=O)NCC[S@@](C)=O)Oc1ccccc1F. The van der Waals surface area contributed by atoms with E-state index in [-0.39, 0.29) is 24.4 Å². The summed E-state index contributed by atoms with van der Waals surface area (Å²) >= 11 is 0. The molecule has 2 N–H and O–H groups in total. The second-order valence-electron chi connectivity index (χ2n) is 4.27. The van der Waals surface area contributed by atoms with Gasteiger partial charge in [-0.05, 0) is 19.1 Å². The zero-order valence-corrected chi connectivity index (χ0v) is 12.3. The Bertz CT molecular complexity index is 471. The summed E-state index contributed by atoms with van der Waals surface area (Å²) in [7, 11) is -0.933. The number of hydrogen-bond acceptors (Lipinski definition) is 3. The summed E-state index contributed by atoms with van der Waals surface area (Å²) in [6.45, 7) is 2.32. The predicted molar refractivity (Wildman–Crippen MR) is 76.8 cm³/mol. The molecule has 0 radical (unpaired) electrons. The lowest BCUT2D eigenvalue weighted by Gasteiger charge is -2.16. The third-order valence-corrected chi connectivity index (χ3v) is 3.17. The smallest absolute Gasteiger partial charge is 0.314 e. The number of carbonyl (C=O) groups is 1. The summed E-state index contributed by atoms with van der Waals surface area (Å²) in [5.74, 6) is 0.132. The van der Waals surface area contributed by atoms with Crippen LogP contribution in [0, 0.1) is 5.82 Å². The minimum absolute atomic E-state index is 0.156. The Hall–Kier alpha value is -1.63. The Balaban J connectivity index is 2.26. The quantitative estimate of drug-likeness (QED) is 0.797. The van der Waals surface area contributed by atoms with Gasteiger partial charge >= 0.3 is 6.03 Å². The molecule has 1 aromatic rings. The van der Waals surface area contributed by atoms with Crippen LogP contribution in [0.4, 0.5) is 9.18 Å². The molecule has 2 amide bonds. The van der Waals surface area contributed by atoms with Gasteiger partial charge in [-0.15, -0.1) is 0 Å². The highest BCUT2D eigenvalue weighted by Gasteiger charge is 2.09. The minimum Gasteiger partial charge on any atom is -0.486 e. The maximum atomic E-state index is 13.3. The molecule has 0 unspecified atom stereocenters. The number of para-hydroxylation sites is 1. The third kappa shape index (κ3) is 6.51. The zero-order valence-electron chi connectivity index (χ0n) is 11.5. The lowest BCUT2D eigenvalue weighted by molar-refractivity contribution is 0.201. The highest BCUT2D eigenvalue weighted by molar-refractivity contribution is 7.84. The number of amides is 2. The molecule has 0 spiro atoms. The molecule has 2 atom stereocenters. The molecule has 20 heavy (non-hydrogen) atoms. The van der Waals surface area contributed by atoms with Gasteiger partial charge in [-0.3, -0.25) is 4.21 Å². The maximum absolute atomic E-state index is 13.3. The van der Waals surface area contributed by atoms with Gasteiger partial charge in [0.1, 0.15) is 6.10 Å². The van der Waals surface area contributed by atoms with Gasteiger partial charge in [0.05, 0.1) is 6.54 Å². The fourth-order valence-corrected chi connectivity index (χ4v) is 1.80. The van der Waals surface area contributed by atoms with Gasteiger partial charge in [-0.2, -0.15) is 0 Å². The fraction of sp³-hybridized carbons (Fsp3) is 0.462. The van der Waals surface area contributed by atoms with Crippen molar-refractivity contribution in [2.75, 3.05) is 25.1 Å². The van der Waals surface area contributed by atoms with Crippen molar-refractivity contribution in [2.45, 2.75) is 13.0 Å². The first-order chi connectivity index (χ1) is 9.49. The van der Waals surface area contributed by atoms with E-state index in [1.165, 1.54) is 12.1 Å². The van der Waals surface area contributed by atoms with Crippen LogP contribution < -0.4 is 15.4 Å². The Morgan fingerprint density at radius 1 is 1.40 bits per heavy atom. The van der Waals surface area contributed by atoms with Crippen LogP contribution in [0.5, 0.6) is 5.75 Å². The lowest BCUT2D eigenvalue weighted by Crippen LogP contribution is -2.41. The molecule has 1 aromatic carbocycles. The van der Waals surface area contributed by atoms with Crippen LogP contribution in [0.3, 0.4) is 0 Å². The van der Waals surface area contributed by atoms with Crippen LogP contribution in [0.25, 0.3) is 0 Å². The van der Waals surface area contributed by atoms with Crippen LogP contribution in [-0.4, -0.2) is 41.4 Å². The summed E-state index contributed by atoms with van der Waals surface area (Å²) in [5.41, 5.74) is 0. The molecule has 0 fully saturated rings. The average molecular weight is 302 g/mol. The standard InChI is InChI=1S/C13H19FN2O3S/c1-10(19-12-6-4-3-5-11(12)14)9-16-13(17)15-7-8-20(2)18/h3-6,10H,7-9H2,1-2H3,(H2,15,16,17)/t10-,20-/m1/s1. The molecule has 0 bridgehead atoms. The van der Waals surface area contributed by atoms with E-state index in [0.29, 0.717) is 12.3 Å². The Morgan fingerprint density at radius 3 is 2.75 bits per heavy atom. The van der Waals surface area contributed by atoms with Crippen LogP contribution in [0.2, 0.25) is 0 Å². The van der Waals surface area contributed by atoms with Gasteiger partial charge in [-0.1, -0.05) is 12.1 Å². The molecule has 5 nitrogen and oxygen atoms in total. The van der Waals surface area contributed by atoms with Crippen molar-refractivity contribution in [1.82, 2.24) is 10.6 Å². The molecular formula is C13H19FN2O3S. The summed E-state index contributed by atoms with van der Waals surface area (Å²) in [4.78, 5) is 11.4. The number of rotatable bonds is 7. The maximum Gasteiger partial charge on any atom is 0.314 e. The van der Waals surface area contributed by atoms with Gasteiger partial charge in [0, 0.05) is 29.4 Å². The van der Waals surface area contributed by atoms with Crippen LogP contribution in [0.15, 0.2) is 24.3 Å². The molecular weight excluding hydrogens is 283 g/mol. The van der Waals surface area contributed by atoms with Gasteiger partial charge in [0.2, 0.25) is 0 Å². The summed E-state index contributed by atoms with van der Waals surface area (Å²) < 4.78 is 29.5. The van der Waals surface area contributed by atoms with Crippen molar-refractivity contribution in [3.05, 3.63) is 30.1 Å². The van der Waals surface area contributed by atoms with E-state index in [2.05, 4.69) is 10.6 Å². The van der Waals surface area contributed by atoms with E-state index in [0.717, 1.165) is 0 Å². The molecule has 112 valence electrons. The second-order valence-corrected chi connectivity index (χ2v) is 5.83. The molecule has 0 aliphatic carbocycles. The number of hydrogen-bond donors (Lipinski definition) is 2. The van der Waals surface area contributed by atoms with Crippen molar-refractivity contribution in [2.24, 2.45) is 0 Å². The Labute approximate surface area is 120 Å². The number of carbonyl (C=O) groups excluding carboxylic acids is 1. The first-order valence-corrected chi connectivity index (χ1v) is 7.94. The molecule has 0 saturated heterocycles. The first-order valence-electron chi connectivity index (χ1n) is 6.22. The predicted octanol–water partition coefficient (Wildman–Crippen LogP) is 1.27. The van der Waals surface area contributed by atoms with Crippen LogP contribution in [0.1, 0.15) is 6.92 Å². The van der Waals surface area contributed by atoms with E-state index in [1.54, 1.807) is 25.3 Å². The molecule has 0 heterocycles. The summed E-state index contributed by atoms with van der Waals surface area (Å²) in [6.07, 6.45) is 1.21. The highest BCUT2D eigenvalue weighted by atomic mass is 32.2. The second kappa shape index (κ2) is 8.52. The van der Waals surface area contributed by atoms with E-state index in [4.69, 9.17) is 4.74 Å². The largest absolute Gasteiger partial charge is 0.486 e. The van der Waals surface area contributed by atoms with Crippen LogP contribution in [-0.2, 0) is 10.8 Å². The van der Waals surface area contributed by atoms with E-state index < -0.39 is 16.6 Å². The lowest BCUT2D eigenvalue weighted by atomic mass is 10.3. The Morgan fingerprint density at radius 2 is 2.10 bits per heavy atom. The number of benzene rings is 1. The highest BCUT2D eigenvalue weighted by Crippen LogP contribution is 2.16. The number of ether oxygens (including phenoxy) is 1. The summed E-state index contributed by atoms with van der Waals surface area (Å²) in [6, 6.07) is 5.74. The zero-order chi connectivity index (χ0) is 15.0. The minimum atomic E-state index is -0.933. The number of urea groups is 1. The van der Waals surface area contributed by atoms with E-state index in [1.807, 2.05) is 0 Å². The number of nitrogens with one attached hydrogen (secondary N) is 2. The van der Waals surface area contributed by atoms with Gasteiger partial charge < -0.3 is 15.4 Å². The van der Waals surface area contributed by atoms with Gasteiger partial charge in [0.25, 0.3) is 0 Å². The van der Waals surface area contributed by atoms with Crippen molar-refractivity contribution < 1.29 is 18.1 Å². The molecule has 0 aliphatic rings. The molecule has 1 rings (SSSR count). The molecule has 0 aromatic heterocycles. The van der Waals surface area contributed by atoms with Crippen molar-refractivity contribution in [3.8, 4) is 5.75 Å². The van der Waals surface area contributed by atoms with Crippen molar-refractivity contribution in [3.63, 3.8) is 0 Å². The normalized spacial score (nSPS) is 13.3. The van der Waals surface area contributed by atoms with E-state index in [9.17, 15) is 13.4 Å². The first kappa shape index (κ1) is 16.4. The third-order valence-electron chi connectivity index (χ3n) is 2.39. The van der Waals surface area contributed by atoms with Crippen molar-refractivity contribution in [1.29, 1.82) is 0 Å². The van der Waals surface area contributed by atoms with E-state index >= 15 is 0 Å². The average Bonchev–Trinajstić information content (AvgIpc) is 2.39. The number of halogens is 1.